The smallest absolute Gasteiger partial charge is 0.163 e. The first-order valence-electron chi connectivity index (χ1n) is 16.4. The summed E-state index contributed by atoms with van der Waals surface area (Å²) in [5.41, 5.74) is 14.0. The van der Waals surface area contributed by atoms with Gasteiger partial charge in [-0.2, -0.15) is 0 Å². The van der Waals surface area contributed by atoms with Crippen LogP contribution in [0.3, 0.4) is 0 Å². The van der Waals surface area contributed by atoms with E-state index in [1.165, 1.54) is 44.5 Å². The van der Waals surface area contributed by atoms with Crippen molar-refractivity contribution in [1.82, 2.24) is 19.5 Å². The summed E-state index contributed by atoms with van der Waals surface area (Å²) in [6.07, 6.45) is 8.82. The largest absolute Gasteiger partial charge is 0.298 e. The third kappa shape index (κ3) is 5.92. The van der Waals surface area contributed by atoms with Crippen molar-refractivity contribution in [1.29, 1.82) is 0 Å². The van der Waals surface area contributed by atoms with Gasteiger partial charge < -0.3 is 0 Å². The molecule has 0 saturated heterocycles. The highest BCUT2D eigenvalue weighted by molar-refractivity contribution is 5.71. The molecule has 2 aromatic heterocycles. The van der Waals surface area contributed by atoms with Gasteiger partial charge in [0.2, 0.25) is 0 Å². The van der Waals surface area contributed by atoms with Crippen molar-refractivity contribution in [3.05, 3.63) is 142 Å². The predicted octanol–water partition coefficient (Wildman–Crippen LogP) is 10.6. The van der Waals surface area contributed by atoms with Crippen molar-refractivity contribution >= 4 is 0 Å². The molecule has 4 nitrogen and oxygen atoms in total. The zero-order valence-electron chi connectivity index (χ0n) is 28.2. The molecule has 0 spiro atoms. The lowest BCUT2D eigenvalue weighted by Gasteiger charge is -2.29. The number of nitrogens with zero attached hydrogens (tertiary/aromatic N) is 4. The van der Waals surface area contributed by atoms with Crippen LogP contribution in [-0.2, 0) is 11.8 Å². The van der Waals surface area contributed by atoms with Gasteiger partial charge in [0.05, 0.1) is 5.69 Å². The van der Waals surface area contributed by atoms with Crippen molar-refractivity contribution in [3.8, 4) is 39.7 Å². The summed E-state index contributed by atoms with van der Waals surface area (Å²) >= 11 is 0. The number of benzene rings is 4. The molecule has 0 aliphatic rings. The fourth-order valence-electron chi connectivity index (χ4n) is 6.55. The molecule has 0 radical (unpaired) electrons. The van der Waals surface area contributed by atoms with Crippen LogP contribution < -0.4 is 0 Å². The third-order valence-electron chi connectivity index (χ3n) is 9.89. The van der Waals surface area contributed by atoms with Gasteiger partial charge in [0.15, 0.2) is 11.6 Å². The average molecular weight is 605 g/mol. The summed E-state index contributed by atoms with van der Waals surface area (Å²) in [5, 5.41) is 0. The fraction of sp³-hybridized carbons (Fsp3) is 0.262. The maximum absolute atomic E-state index is 5.37. The monoisotopic (exact) mass is 604 g/mol. The van der Waals surface area contributed by atoms with Gasteiger partial charge in [-0.25, -0.2) is 15.0 Å². The highest BCUT2D eigenvalue weighted by atomic mass is 15.1. The zero-order valence-corrected chi connectivity index (χ0v) is 28.2. The van der Waals surface area contributed by atoms with Crippen LogP contribution in [0.4, 0.5) is 0 Å². The van der Waals surface area contributed by atoms with Crippen molar-refractivity contribution in [3.63, 3.8) is 0 Å². The van der Waals surface area contributed by atoms with Crippen molar-refractivity contribution in [2.24, 2.45) is 0 Å². The van der Waals surface area contributed by atoms with E-state index < -0.39 is 0 Å². The lowest BCUT2D eigenvalue weighted by molar-refractivity contribution is 0.437. The molecule has 46 heavy (non-hydrogen) atoms. The molecule has 0 N–H and O–H groups in total. The molecular weight excluding hydrogens is 560 g/mol. The Bertz CT molecular complexity index is 1980. The van der Waals surface area contributed by atoms with Crippen molar-refractivity contribution in [2.45, 2.75) is 73.1 Å². The van der Waals surface area contributed by atoms with Crippen LogP contribution >= 0.6 is 0 Å². The van der Waals surface area contributed by atoms with Gasteiger partial charge in [-0.15, -0.1) is 0 Å². The molecule has 0 aliphatic heterocycles. The Morgan fingerprint density at radius 1 is 0.696 bits per heavy atom. The molecule has 4 aromatic carbocycles. The third-order valence-corrected chi connectivity index (χ3v) is 9.89. The van der Waals surface area contributed by atoms with Crippen LogP contribution in [-0.4, -0.2) is 19.5 Å². The molecular formula is C42H44N4. The van der Waals surface area contributed by atoms with Crippen LogP contribution in [0.5, 0.6) is 0 Å². The topological polar surface area (TPSA) is 43.6 Å². The molecule has 0 amide bonds. The van der Waals surface area contributed by atoms with Crippen molar-refractivity contribution < 1.29 is 0 Å². The Morgan fingerprint density at radius 2 is 1.43 bits per heavy atom. The van der Waals surface area contributed by atoms with Gasteiger partial charge in [-0.05, 0) is 103 Å². The van der Waals surface area contributed by atoms with E-state index >= 15 is 0 Å². The molecule has 0 fully saturated rings. The Hall–Kier alpha value is -4.83. The lowest BCUT2D eigenvalue weighted by Crippen LogP contribution is -2.22. The molecule has 2 heterocycles. The Balaban J connectivity index is 1.58. The summed E-state index contributed by atoms with van der Waals surface area (Å²) in [6, 6.07) is 30.6. The van der Waals surface area contributed by atoms with Crippen LogP contribution in [0.25, 0.3) is 39.7 Å². The fourth-order valence-corrected chi connectivity index (χ4v) is 6.55. The quantitative estimate of drug-likeness (QED) is 0.165. The summed E-state index contributed by atoms with van der Waals surface area (Å²) in [6.45, 7) is 15.5. The molecule has 0 bridgehead atoms. The number of hydrogen-bond donors (Lipinski definition) is 0. The maximum atomic E-state index is 5.37. The summed E-state index contributed by atoms with van der Waals surface area (Å²) in [5.74, 6) is 1.58. The number of hydrogen-bond acceptors (Lipinski definition) is 3. The molecule has 0 unspecified atom stereocenters. The van der Waals surface area contributed by atoms with Crippen LogP contribution in [0, 0.1) is 27.7 Å². The second-order valence-corrected chi connectivity index (χ2v) is 12.9. The van der Waals surface area contributed by atoms with E-state index in [1.54, 1.807) is 0 Å². The molecule has 6 aromatic rings. The number of aromatic nitrogens is 4. The molecule has 0 atom stereocenters. The minimum Gasteiger partial charge on any atom is -0.298 e. The Kier molecular flexibility index (Phi) is 8.73. The summed E-state index contributed by atoms with van der Waals surface area (Å²) < 4.78 is 2.24. The van der Waals surface area contributed by atoms with Gasteiger partial charge in [0.1, 0.15) is 5.69 Å². The molecule has 4 heteroatoms. The van der Waals surface area contributed by atoms with E-state index in [4.69, 9.17) is 15.0 Å². The summed E-state index contributed by atoms with van der Waals surface area (Å²) in [7, 11) is 0. The highest BCUT2D eigenvalue weighted by Crippen LogP contribution is 2.39. The first kappa shape index (κ1) is 31.2. The van der Waals surface area contributed by atoms with E-state index in [0.29, 0.717) is 0 Å². The van der Waals surface area contributed by atoms with Gasteiger partial charge >= 0.3 is 0 Å². The second kappa shape index (κ2) is 12.9. The first-order chi connectivity index (χ1) is 22.2. The van der Waals surface area contributed by atoms with E-state index in [0.717, 1.165) is 53.4 Å². The minimum atomic E-state index is -0.0932. The van der Waals surface area contributed by atoms with Gasteiger partial charge in [0.25, 0.3) is 0 Å². The van der Waals surface area contributed by atoms with Crippen LogP contribution in [0.15, 0.2) is 104 Å². The SMILES string of the molecule is CCC(C)(CC)c1cnc(-c2c(C)cccc2C)nc1-c1nccn1-c1ccc(-c2ccccc2)cc1Cc1cc(C)ccc1C. The van der Waals surface area contributed by atoms with E-state index in [1.807, 2.05) is 6.20 Å². The summed E-state index contributed by atoms with van der Waals surface area (Å²) in [4.78, 5) is 15.4. The molecule has 0 aliphatic carbocycles. The Morgan fingerprint density at radius 3 is 2.15 bits per heavy atom. The van der Waals surface area contributed by atoms with Crippen molar-refractivity contribution in [2.75, 3.05) is 0 Å². The standard InChI is InChI=1S/C42H44N4/c1-8-42(7,9-2)36-27-44-40(38-30(5)14-13-15-31(38)6)45-39(36)41-43-22-23-46(41)37-21-20-33(32-16-11-10-12-17-32)25-35(37)26-34-24-28(3)18-19-29(34)4/h10-25,27H,8-9,26H2,1-7H3. The van der Waals surface area contributed by atoms with Gasteiger partial charge in [-0.3, -0.25) is 4.57 Å². The normalized spacial score (nSPS) is 11.6. The molecule has 232 valence electrons. The molecule has 0 saturated carbocycles. The average Bonchev–Trinajstić information content (AvgIpc) is 3.56. The molecule has 6 rings (SSSR count). The lowest BCUT2D eigenvalue weighted by atomic mass is 9.77. The first-order valence-corrected chi connectivity index (χ1v) is 16.4. The van der Waals surface area contributed by atoms with Crippen LogP contribution in [0.1, 0.15) is 72.6 Å². The van der Waals surface area contributed by atoms with Gasteiger partial charge in [-0.1, -0.05) is 99.1 Å². The second-order valence-electron chi connectivity index (χ2n) is 12.9. The maximum Gasteiger partial charge on any atom is 0.163 e. The number of aryl methyl sites for hydroxylation is 4. The zero-order chi connectivity index (χ0) is 32.4. The Labute approximate surface area is 274 Å². The van der Waals surface area contributed by atoms with E-state index in [9.17, 15) is 0 Å². The number of rotatable bonds is 9. The van der Waals surface area contributed by atoms with Gasteiger partial charge in [0, 0.05) is 29.7 Å². The van der Waals surface area contributed by atoms with Crippen LogP contribution in [0.2, 0.25) is 0 Å². The predicted molar refractivity (Wildman–Crippen MR) is 192 cm³/mol. The van der Waals surface area contributed by atoms with E-state index in [-0.39, 0.29) is 5.41 Å². The highest BCUT2D eigenvalue weighted by Gasteiger charge is 2.30. The van der Waals surface area contributed by atoms with E-state index in [2.05, 4.69) is 150 Å². The minimum absolute atomic E-state index is 0.0932. The number of imidazole rings is 1.